The summed E-state index contributed by atoms with van der Waals surface area (Å²) in [6, 6.07) is 1.51. The lowest BCUT2D eigenvalue weighted by Gasteiger charge is -2.47. The molecule has 0 aromatic heterocycles. The lowest BCUT2D eigenvalue weighted by Crippen LogP contribution is -2.67. The molecule has 2 saturated heterocycles. The van der Waals surface area contributed by atoms with Gasteiger partial charge in [-0.25, -0.2) is 4.79 Å². The molecule has 8 atom stereocenters. The predicted octanol–water partition coefficient (Wildman–Crippen LogP) is -0.260. The molecule has 2 fully saturated rings. The molecule has 16 nitrogen and oxygen atoms in total. The molecule has 0 saturated carbocycles. The van der Waals surface area contributed by atoms with Crippen molar-refractivity contribution in [1.29, 1.82) is 0 Å². The Kier molecular flexibility index (Phi) is 15.0. The Labute approximate surface area is 297 Å². The van der Waals surface area contributed by atoms with Crippen LogP contribution >= 0.6 is 0 Å². The Hall–Kier alpha value is -3.38. The van der Waals surface area contributed by atoms with Crippen molar-refractivity contribution in [3.8, 4) is 5.75 Å². The second kappa shape index (κ2) is 18.9. The zero-order valence-electron chi connectivity index (χ0n) is 29.6. The van der Waals surface area contributed by atoms with Crippen LogP contribution in [-0.4, -0.2) is 139 Å². The van der Waals surface area contributed by atoms with Crippen molar-refractivity contribution in [3.63, 3.8) is 0 Å². The molecule has 4 aliphatic heterocycles. The maximum Gasteiger partial charge on any atom is 0.336 e. The van der Waals surface area contributed by atoms with Crippen LogP contribution in [0.3, 0.4) is 0 Å². The van der Waals surface area contributed by atoms with E-state index in [0.717, 1.165) is 12.8 Å². The topological polar surface area (TPSA) is 231 Å². The molecule has 4 heterocycles. The van der Waals surface area contributed by atoms with Crippen molar-refractivity contribution in [3.05, 3.63) is 28.8 Å². The molecule has 1 aromatic carbocycles. The zero-order valence-corrected chi connectivity index (χ0v) is 29.6. The number of carbonyl (C=O) groups is 4. The van der Waals surface area contributed by atoms with Crippen molar-refractivity contribution in [2.24, 2.45) is 5.92 Å². The number of aryl methyl sites for hydroxylation is 2. The van der Waals surface area contributed by atoms with E-state index in [2.05, 4.69) is 16.0 Å². The molecule has 5 rings (SSSR count). The number of carboxylic acids is 1. The van der Waals surface area contributed by atoms with E-state index in [1.807, 2.05) is 0 Å². The first-order chi connectivity index (χ1) is 24.3. The number of fused-ring (bicyclic) bond motifs is 17. The molecule has 51 heavy (non-hydrogen) atoms. The highest BCUT2D eigenvalue weighted by molar-refractivity contribution is 5.95. The molecule has 0 spiro atoms. The van der Waals surface area contributed by atoms with Gasteiger partial charge in [0.1, 0.15) is 24.6 Å². The molecule has 3 amide bonds. The van der Waals surface area contributed by atoms with Crippen LogP contribution in [-0.2, 0) is 33.3 Å². The van der Waals surface area contributed by atoms with Gasteiger partial charge < -0.3 is 60.1 Å². The number of benzene rings is 1. The number of aliphatic hydroxyl groups is 3. The molecule has 1 unspecified atom stereocenters. The number of aliphatic hydroxyl groups excluding tert-OH is 3. The van der Waals surface area contributed by atoms with E-state index in [1.165, 1.54) is 6.92 Å². The molecule has 4 aliphatic rings. The molecule has 16 heteroatoms. The van der Waals surface area contributed by atoms with Crippen LogP contribution in [0.5, 0.6) is 5.75 Å². The Morgan fingerprint density at radius 3 is 2.20 bits per heavy atom. The Morgan fingerprint density at radius 2 is 1.55 bits per heavy atom. The standard InChI is InChI=1S/C35H53N3O13/c1-20-13-24-14-21(2)30(20)50-12-11-49-19-25(38-33(44)23-7-6-10-47-17-23)18-48-9-5-4-8-35(34(45)46)15-26(40)28(37-22(3)39)31(51-35)29(42)27(41)16-36-32(24)43/h13-14,23,25-29,31,40-42H,4-12,15-19H2,1-3H3,(H,36,43)(H,37,39)(H,38,44)(H,45,46)/t23?,25-,26+,27-,28-,29-,31-,35-/m1/s1. The summed E-state index contributed by atoms with van der Waals surface area (Å²) in [5.74, 6) is -2.34. The monoisotopic (exact) mass is 723 g/mol. The summed E-state index contributed by atoms with van der Waals surface area (Å²) >= 11 is 0. The van der Waals surface area contributed by atoms with Crippen molar-refractivity contribution in [1.82, 2.24) is 16.0 Å². The van der Waals surface area contributed by atoms with E-state index in [1.54, 1.807) is 26.0 Å². The number of rotatable bonds is 4. The Morgan fingerprint density at radius 1 is 0.882 bits per heavy atom. The number of carboxylic acid groups (broad SMARTS) is 1. The van der Waals surface area contributed by atoms with Gasteiger partial charge in [0.25, 0.3) is 5.91 Å². The fourth-order valence-electron chi connectivity index (χ4n) is 6.78. The fourth-order valence-corrected chi connectivity index (χ4v) is 6.78. The number of hydrogen-bond acceptors (Lipinski definition) is 12. The third-order valence-corrected chi connectivity index (χ3v) is 9.46. The second-order valence-electron chi connectivity index (χ2n) is 13.7. The van der Waals surface area contributed by atoms with E-state index in [9.17, 15) is 39.6 Å². The van der Waals surface area contributed by atoms with E-state index in [0.29, 0.717) is 36.5 Å². The summed E-state index contributed by atoms with van der Waals surface area (Å²) in [5.41, 5.74) is -0.327. The van der Waals surface area contributed by atoms with Gasteiger partial charge in [-0.05, 0) is 69.2 Å². The van der Waals surface area contributed by atoms with Gasteiger partial charge in [-0.2, -0.15) is 0 Å². The highest BCUT2D eigenvalue weighted by Crippen LogP contribution is 2.36. The van der Waals surface area contributed by atoms with Crippen LogP contribution in [0.4, 0.5) is 0 Å². The van der Waals surface area contributed by atoms with Crippen molar-refractivity contribution in [2.75, 3.05) is 52.8 Å². The van der Waals surface area contributed by atoms with Gasteiger partial charge in [0.05, 0.1) is 56.6 Å². The van der Waals surface area contributed by atoms with Crippen molar-refractivity contribution >= 4 is 23.7 Å². The Bertz CT molecular complexity index is 1330. The van der Waals surface area contributed by atoms with Gasteiger partial charge in [0.15, 0.2) is 5.60 Å². The largest absolute Gasteiger partial charge is 0.491 e. The van der Waals surface area contributed by atoms with Crippen LogP contribution < -0.4 is 20.7 Å². The first kappa shape index (κ1) is 40.4. The van der Waals surface area contributed by atoms with E-state index in [-0.39, 0.29) is 69.7 Å². The number of ether oxygens (including phenoxy) is 5. The number of amides is 3. The summed E-state index contributed by atoms with van der Waals surface area (Å²) in [7, 11) is 0. The molecular formula is C35H53N3O13. The van der Waals surface area contributed by atoms with Gasteiger partial charge in [-0.1, -0.05) is 0 Å². The number of nitrogens with one attached hydrogen (secondary N) is 3. The number of carbonyl (C=O) groups excluding carboxylic acids is 3. The highest BCUT2D eigenvalue weighted by atomic mass is 16.6. The van der Waals surface area contributed by atoms with E-state index >= 15 is 0 Å². The molecule has 4 bridgehead atoms. The summed E-state index contributed by atoms with van der Waals surface area (Å²) in [6.45, 7) is 6.21. The van der Waals surface area contributed by atoms with Crippen LogP contribution in [0.2, 0.25) is 0 Å². The van der Waals surface area contributed by atoms with Gasteiger partial charge in [0.2, 0.25) is 11.8 Å². The minimum absolute atomic E-state index is 0.0781. The SMILES string of the molecule is CC(=O)N[C@H]1[C@H]2O[C@](C(=O)O)(CCCCOC[C@@H](NC(=O)C3CCCOC3)COCCOc3c(C)cc(cc3C)C(=O)NC[C@@H](O)[C@H]2O)C[C@@H]1O. The summed E-state index contributed by atoms with van der Waals surface area (Å²) < 4.78 is 29.2. The smallest absolute Gasteiger partial charge is 0.336 e. The van der Waals surface area contributed by atoms with Crippen molar-refractivity contribution in [2.45, 2.75) is 101 Å². The van der Waals surface area contributed by atoms with E-state index < -0.39 is 66.4 Å². The predicted molar refractivity (Wildman–Crippen MR) is 180 cm³/mol. The first-order valence-electron chi connectivity index (χ1n) is 17.6. The third kappa shape index (κ3) is 11.1. The Balaban J connectivity index is 1.54. The molecule has 286 valence electrons. The second-order valence-corrected chi connectivity index (χ2v) is 13.7. The van der Waals surface area contributed by atoms with Crippen LogP contribution in [0.15, 0.2) is 12.1 Å². The highest BCUT2D eigenvalue weighted by Gasteiger charge is 2.54. The average molecular weight is 724 g/mol. The molecule has 0 aliphatic carbocycles. The minimum Gasteiger partial charge on any atom is -0.491 e. The minimum atomic E-state index is -1.96. The van der Waals surface area contributed by atoms with Gasteiger partial charge >= 0.3 is 5.97 Å². The van der Waals surface area contributed by atoms with Crippen molar-refractivity contribution < 1.29 is 63.3 Å². The zero-order chi connectivity index (χ0) is 37.1. The van der Waals surface area contributed by atoms with Gasteiger partial charge in [-0.15, -0.1) is 0 Å². The maximum absolute atomic E-state index is 13.1. The maximum atomic E-state index is 13.1. The summed E-state index contributed by atoms with van der Waals surface area (Å²) in [4.78, 5) is 50.7. The number of hydrogen-bond donors (Lipinski definition) is 7. The molecular weight excluding hydrogens is 670 g/mol. The summed E-state index contributed by atoms with van der Waals surface area (Å²) in [5, 5.41) is 51.6. The van der Waals surface area contributed by atoms with Gasteiger partial charge in [0, 0.05) is 38.7 Å². The lowest BCUT2D eigenvalue weighted by atomic mass is 9.81. The van der Waals surface area contributed by atoms with Crippen LogP contribution in [0.25, 0.3) is 0 Å². The van der Waals surface area contributed by atoms with E-state index in [4.69, 9.17) is 23.7 Å². The van der Waals surface area contributed by atoms with Crippen LogP contribution in [0, 0.1) is 19.8 Å². The fraction of sp³-hybridized carbons (Fsp3) is 0.714. The third-order valence-electron chi connectivity index (χ3n) is 9.46. The normalized spacial score (nSPS) is 32.0. The molecule has 1 aromatic rings. The number of aliphatic carboxylic acids is 1. The lowest BCUT2D eigenvalue weighted by molar-refractivity contribution is -0.229. The summed E-state index contributed by atoms with van der Waals surface area (Å²) in [6.07, 6.45) is -4.72. The average Bonchev–Trinajstić information content (AvgIpc) is 3.09. The molecule has 0 radical (unpaired) electrons. The molecule has 7 N–H and O–H groups in total. The quantitative estimate of drug-likeness (QED) is 0.213. The first-order valence-corrected chi connectivity index (χ1v) is 17.6. The van der Waals surface area contributed by atoms with Crippen LogP contribution in [0.1, 0.15) is 66.9 Å². The van der Waals surface area contributed by atoms with Gasteiger partial charge in [-0.3, -0.25) is 14.4 Å².